The second-order valence-corrected chi connectivity index (χ2v) is 15.2. The Kier molecular flexibility index (Phi) is 8.99. The third-order valence-electron chi connectivity index (χ3n) is 7.35. The first-order chi connectivity index (χ1) is 21.1. The average molecular weight is 678 g/mol. The maximum atomic E-state index is 14.7. The first kappa shape index (κ1) is 32.5. The second-order valence-electron chi connectivity index (χ2n) is 10.4. The molecule has 238 valence electrons. The van der Waals surface area contributed by atoms with E-state index in [0.717, 1.165) is 31.4 Å². The van der Waals surface area contributed by atoms with Crippen LogP contribution in [-0.2, 0) is 36.8 Å². The van der Waals surface area contributed by atoms with Crippen LogP contribution >= 0.6 is 0 Å². The van der Waals surface area contributed by atoms with Crippen LogP contribution in [-0.4, -0.2) is 57.8 Å². The Balaban J connectivity index is 1.32. The summed E-state index contributed by atoms with van der Waals surface area (Å²) in [5.74, 6) is -0.636. The summed E-state index contributed by atoms with van der Waals surface area (Å²) in [6.07, 6.45) is 2.60. The summed E-state index contributed by atoms with van der Waals surface area (Å²) < 4.78 is 108. The summed E-state index contributed by atoms with van der Waals surface area (Å²) in [6, 6.07) is 15.0. The van der Waals surface area contributed by atoms with Crippen molar-refractivity contribution < 1.29 is 43.5 Å². The van der Waals surface area contributed by atoms with Gasteiger partial charge in [0.1, 0.15) is 10.7 Å². The highest BCUT2D eigenvalue weighted by Crippen LogP contribution is 2.32. The summed E-state index contributed by atoms with van der Waals surface area (Å²) in [5, 5.41) is 5.16. The van der Waals surface area contributed by atoms with Gasteiger partial charge in [0.25, 0.3) is 20.2 Å². The second kappa shape index (κ2) is 12.5. The highest BCUT2D eigenvalue weighted by molar-refractivity contribution is 7.89. The van der Waals surface area contributed by atoms with Crippen molar-refractivity contribution in [3.05, 3.63) is 84.2 Å². The molecule has 0 saturated carbocycles. The van der Waals surface area contributed by atoms with Crippen molar-refractivity contribution in [1.29, 1.82) is 0 Å². The summed E-state index contributed by atoms with van der Waals surface area (Å²) in [4.78, 5) is 11.2. The minimum atomic E-state index is -4.91. The fourth-order valence-electron chi connectivity index (χ4n) is 5.04. The maximum Gasteiger partial charge on any atom is 0.319 e. The molecule has 2 amide bonds. The quantitative estimate of drug-likeness (QED) is 0.193. The van der Waals surface area contributed by atoms with Gasteiger partial charge < -0.3 is 10.6 Å². The molecule has 1 saturated heterocycles. The van der Waals surface area contributed by atoms with E-state index in [4.69, 9.17) is 0 Å². The van der Waals surface area contributed by atoms with Gasteiger partial charge in [-0.2, -0.15) is 21.1 Å². The number of nitrogens with zero attached hydrogens (tertiary/aromatic N) is 1. The van der Waals surface area contributed by atoms with Gasteiger partial charge in [-0.25, -0.2) is 17.6 Å². The van der Waals surface area contributed by atoms with Crippen LogP contribution in [0.4, 0.5) is 14.9 Å². The highest BCUT2D eigenvalue weighted by Gasteiger charge is 2.26. The van der Waals surface area contributed by atoms with Gasteiger partial charge in [-0.1, -0.05) is 24.6 Å². The number of carbonyl (C=O) groups is 1. The molecule has 12 nitrogen and oxygen atoms in total. The monoisotopic (exact) mass is 677 g/mol. The zero-order chi connectivity index (χ0) is 32.6. The fraction of sp³-hybridized carbons (Fsp3) is 0.207. The summed E-state index contributed by atoms with van der Waals surface area (Å²) >= 11 is 0. The molecule has 1 fully saturated rings. The van der Waals surface area contributed by atoms with E-state index in [2.05, 4.69) is 10.6 Å². The van der Waals surface area contributed by atoms with Gasteiger partial charge in [0.05, 0.1) is 9.79 Å². The van der Waals surface area contributed by atoms with Crippen molar-refractivity contribution in [3.63, 3.8) is 0 Å². The van der Waals surface area contributed by atoms with E-state index < -0.39 is 51.9 Å². The number of hydrogen-bond acceptors (Lipinski definition) is 7. The number of urea groups is 1. The number of benzene rings is 4. The zero-order valence-electron chi connectivity index (χ0n) is 23.5. The van der Waals surface area contributed by atoms with E-state index in [0.29, 0.717) is 36.0 Å². The van der Waals surface area contributed by atoms with Gasteiger partial charge in [0.15, 0.2) is 0 Å². The molecule has 5 rings (SSSR count). The minimum Gasteiger partial charge on any atom is -0.334 e. The Hall–Kier alpha value is -3.93. The van der Waals surface area contributed by atoms with Gasteiger partial charge >= 0.3 is 6.03 Å². The van der Waals surface area contributed by atoms with Crippen LogP contribution in [0.1, 0.15) is 24.8 Å². The molecule has 4 aromatic carbocycles. The lowest BCUT2D eigenvalue weighted by Crippen LogP contribution is -2.35. The van der Waals surface area contributed by atoms with Crippen molar-refractivity contribution in [2.24, 2.45) is 0 Å². The van der Waals surface area contributed by atoms with Crippen molar-refractivity contribution in [1.82, 2.24) is 9.62 Å². The molecule has 1 aliphatic rings. The Bertz CT molecular complexity index is 2120. The lowest BCUT2D eigenvalue weighted by Gasteiger charge is -2.25. The number of sulfonamides is 1. The maximum absolute atomic E-state index is 14.7. The molecule has 0 bridgehead atoms. The van der Waals surface area contributed by atoms with E-state index >= 15 is 0 Å². The van der Waals surface area contributed by atoms with Crippen molar-refractivity contribution in [2.45, 2.75) is 40.5 Å². The van der Waals surface area contributed by atoms with Gasteiger partial charge in [-0.05, 0) is 84.0 Å². The predicted molar refractivity (Wildman–Crippen MR) is 164 cm³/mol. The summed E-state index contributed by atoms with van der Waals surface area (Å²) in [7, 11) is -13.3. The third kappa shape index (κ3) is 7.32. The lowest BCUT2D eigenvalue weighted by atomic mass is 9.99. The Morgan fingerprint density at radius 3 is 2.04 bits per heavy atom. The van der Waals surface area contributed by atoms with Crippen LogP contribution in [0.5, 0.6) is 0 Å². The van der Waals surface area contributed by atoms with Crippen molar-refractivity contribution >= 4 is 52.8 Å². The van der Waals surface area contributed by atoms with Crippen LogP contribution in [0.2, 0.25) is 0 Å². The van der Waals surface area contributed by atoms with Gasteiger partial charge in [0.2, 0.25) is 10.0 Å². The lowest BCUT2D eigenvalue weighted by molar-refractivity contribution is 0.251. The molecule has 1 aliphatic heterocycles. The summed E-state index contributed by atoms with van der Waals surface area (Å²) in [6.45, 7) is 0.689. The Morgan fingerprint density at radius 2 is 1.40 bits per heavy atom. The molecule has 0 radical (unpaired) electrons. The number of halogens is 1. The normalized spacial score (nSPS) is 14.7. The SMILES string of the molecule is O=C(NCc1cc(-c2ccc3cc(S(=O)(=O)O)cc(S(=O)(=O)O)c3c2)ccc1F)Nc1ccc(S(=O)(=O)N2CCCCC2)cc1. The Morgan fingerprint density at radius 1 is 0.756 bits per heavy atom. The average Bonchev–Trinajstić information content (AvgIpc) is 2.99. The third-order valence-corrected chi connectivity index (χ3v) is 11.0. The smallest absolute Gasteiger partial charge is 0.319 e. The predicted octanol–water partition coefficient (Wildman–Crippen LogP) is 4.64. The van der Waals surface area contributed by atoms with E-state index in [1.807, 2.05) is 0 Å². The van der Waals surface area contributed by atoms with E-state index in [1.165, 1.54) is 58.9 Å². The molecule has 4 aromatic rings. The first-order valence-electron chi connectivity index (χ1n) is 13.6. The molecular weight excluding hydrogens is 650 g/mol. The number of fused-ring (bicyclic) bond motifs is 1. The standard InChI is InChI=1S/C29H28FN3O9S3/c30-27-11-6-19(20-4-5-21-15-25(44(37,38)39)17-28(26(21)16-20)45(40,41)42)14-22(27)18-31-29(34)32-23-7-9-24(10-8-23)43(35,36)33-12-2-1-3-13-33/h4-11,14-17H,1-3,12-13,18H2,(H2,31,32,34)(H,37,38,39)(H,40,41,42). The Labute approximate surface area is 259 Å². The fourth-order valence-corrected chi connectivity index (χ4v) is 7.91. The minimum absolute atomic E-state index is 0.0412. The zero-order valence-corrected chi connectivity index (χ0v) is 25.9. The van der Waals surface area contributed by atoms with Gasteiger partial charge in [-0.3, -0.25) is 9.11 Å². The van der Waals surface area contributed by atoms with Crippen LogP contribution in [0.15, 0.2) is 87.5 Å². The van der Waals surface area contributed by atoms with Crippen LogP contribution in [0.3, 0.4) is 0 Å². The molecule has 0 unspecified atom stereocenters. The number of carbonyl (C=O) groups excluding carboxylic acids is 1. The number of nitrogens with one attached hydrogen (secondary N) is 2. The largest absolute Gasteiger partial charge is 0.334 e. The first-order valence-corrected chi connectivity index (χ1v) is 17.9. The number of hydrogen-bond donors (Lipinski definition) is 4. The molecule has 1 heterocycles. The topological polar surface area (TPSA) is 187 Å². The van der Waals surface area contributed by atoms with E-state index in [-0.39, 0.29) is 27.8 Å². The van der Waals surface area contributed by atoms with Gasteiger partial charge in [0, 0.05) is 36.3 Å². The number of anilines is 1. The van der Waals surface area contributed by atoms with Crippen LogP contribution in [0.25, 0.3) is 21.9 Å². The molecular formula is C29H28FN3O9S3. The van der Waals surface area contributed by atoms with Crippen LogP contribution in [0, 0.1) is 5.82 Å². The number of rotatable bonds is 8. The van der Waals surface area contributed by atoms with E-state index in [1.54, 1.807) is 0 Å². The molecule has 0 atom stereocenters. The molecule has 0 aliphatic carbocycles. The van der Waals surface area contributed by atoms with Crippen LogP contribution < -0.4 is 10.6 Å². The van der Waals surface area contributed by atoms with Crippen molar-refractivity contribution in [2.75, 3.05) is 18.4 Å². The number of piperidine rings is 1. The molecule has 45 heavy (non-hydrogen) atoms. The molecule has 0 aromatic heterocycles. The molecule has 4 N–H and O–H groups in total. The van der Waals surface area contributed by atoms with Crippen molar-refractivity contribution in [3.8, 4) is 11.1 Å². The number of amides is 2. The summed E-state index contributed by atoms with van der Waals surface area (Å²) in [5.41, 5.74) is 1.21. The molecule has 16 heteroatoms. The molecule has 0 spiro atoms. The van der Waals surface area contributed by atoms with Gasteiger partial charge in [-0.15, -0.1) is 0 Å². The van der Waals surface area contributed by atoms with E-state index in [9.17, 15) is 43.5 Å². The highest BCUT2D eigenvalue weighted by atomic mass is 32.2.